The van der Waals surface area contributed by atoms with Gasteiger partial charge in [0.1, 0.15) is 5.02 Å². The van der Waals surface area contributed by atoms with Crippen molar-refractivity contribution in [3.63, 3.8) is 0 Å². The summed E-state index contributed by atoms with van der Waals surface area (Å²) in [4.78, 5) is 36.3. The summed E-state index contributed by atoms with van der Waals surface area (Å²) >= 11 is 5.79. The van der Waals surface area contributed by atoms with E-state index in [-0.39, 0.29) is 28.6 Å². The molecule has 2 N–H and O–H groups in total. The second-order valence-corrected chi connectivity index (χ2v) is 6.78. The number of nitro benzene ring substituents is 1. The van der Waals surface area contributed by atoms with Crippen molar-refractivity contribution in [2.24, 2.45) is 5.10 Å². The van der Waals surface area contributed by atoms with E-state index < -0.39 is 10.8 Å². The summed E-state index contributed by atoms with van der Waals surface area (Å²) in [6, 6.07) is 10.9. The van der Waals surface area contributed by atoms with Gasteiger partial charge >= 0.3 is 0 Å². The van der Waals surface area contributed by atoms with E-state index in [4.69, 9.17) is 11.6 Å². The number of benzene rings is 2. The first-order valence-electron chi connectivity index (χ1n) is 8.52. The summed E-state index contributed by atoms with van der Waals surface area (Å²) in [7, 11) is 3.85. The van der Waals surface area contributed by atoms with Crippen LogP contribution in [-0.4, -0.2) is 36.5 Å². The minimum absolute atomic E-state index is 0.0171. The first-order chi connectivity index (χ1) is 13.7. The number of nitro groups is 1. The highest BCUT2D eigenvalue weighted by molar-refractivity contribution is 6.33. The number of rotatable bonds is 7. The zero-order valence-electron chi connectivity index (χ0n) is 16.1. The molecule has 0 spiro atoms. The molecule has 152 valence electrons. The van der Waals surface area contributed by atoms with Crippen LogP contribution in [0.3, 0.4) is 0 Å². The maximum absolute atomic E-state index is 12.1. The van der Waals surface area contributed by atoms with Crippen molar-refractivity contribution < 1.29 is 14.5 Å². The smallest absolute Gasteiger partial charge is 0.287 e. The third-order valence-electron chi connectivity index (χ3n) is 3.84. The maximum atomic E-state index is 12.1. The molecule has 0 bridgehead atoms. The number of hydrogen-bond donors (Lipinski definition) is 2. The third kappa shape index (κ3) is 6.28. The van der Waals surface area contributed by atoms with Crippen molar-refractivity contribution >= 4 is 46.2 Å². The Morgan fingerprint density at radius 3 is 2.38 bits per heavy atom. The number of carbonyl (C=O) groups excluding carboxylic acids is 2. The molecule has 2 rings (SSSR count). The lowest BCUT2D eigenvalue weighted by atomic mass is 10.2. The van der Waals surface area contributed by atoms with Crippen LogP contribution in [0.15, 0.2) is 47.6 Å². The number of carbonyl (C=O) groups is 2. The lowest BCUT2D eigenvalue weighted by Crippen LogP contribution is -2.21. The Labute approximate surface area is 172 Å². The molecule has 0 radical (unpaired) electrons. The summed E-state index contributed by atoms with van der Waals surface area (Å²) < 4.78 is 0. The van der Waals surface area contributed by atoms with Crippen molar-refractivity contribution in [2.45, 2.75) is 13.3 Å². The number of hydrogen-bond acceptors (Lipinski definition) is 6. The van der Waals surface area contributed by atoms with Crippen LogP contribution in [0, 0.1) is 10.1 Å². The number of nitrogens with zero attached hydrogens (tertiary/aromatic N) is 3. The highest BCUT2D eigenvalue weighted by Crippen LogP contribution is 2.24. The Morgan fingerprint density at radius 1 is 1.17 bits per heavy atom. The standard InChI is InChI=1S/C19H20ClN5O4/c1-12(10-18(26)21-14-5-7-15(8-6-14)24(2)3)22-23-19(27)13-4-9-17(25(28)29)16(20)11-13/h4-9,11H,10H2,1-3H3,(H,21,26)(H,23,27)/b22-12-. The first-order valence-corrected chi connectivity index (χ1v) is 8.90. The number of nitrogens with one attached hydrogen (secondary N) is 2. The fraction of sp³-hybridized carbons (Fsp3) is 0.211. The average molecular weight is 418 g/mol. The van der Waals surface area contributed by atoms with Gasteiger partial charge in [-0.05, 0) is 43.3 Å². The predicted octanol–water partition coefficient (Wildman–Crippen LogP) is 3.45. The quantitative estimate of drug-likeness (QED) is 0.406. The van der Waals surface area contributed by atoms with E-state index in [1.54, 1.807) is 19.1 Å². The van der Waals surface area contributed by atoms with Gasteiger partial charge in [-0.25, -0.2) is 5.43 Å². The summed E-state index contributed by atoms with van der Waals surface area (Å²) in [5, 5.41) is 17.2. The fourth-order valence-electron chi connectivity index (χ4n) is 2.33. The largest absolute Gasteiger partial charge is 0.378 e. The van der Waals surface area contributed by atoms with E-state index in [1.165, 1.54) is 12.1 Å². The van der Waals surface area contributed by atoms with Gasteiger partial charge in [-0.1, -0.05) is 11.6 Å². The van der Waals surface area contributed by atoms with Gasteiger partial charge in [-0.15, -0.1) is 0 Å². The maximum Gasteiger partial charge on any atom is 0.287 e. The van der Waals surface area contributed by atoms with Gasteiger partial charge in [0, 0.05) is 42.8 Å². The Hall–Kier alpha value is -3.46. The molecule has 0 aliphatic heterocycles. The van der Waals surface area contributed by atoms with E-state index in [1.807, 2.05) is 31.1 Å². The molecule has 2 amide bonds. The Balaban J connectivity index is 1.92. The van der Waals surface area contributed by atoms with Crippen LogP contribution in [0.2, 0.25) is 5.02 Å². The second kappa shape index (κ2) is 9.65. The highest BCUT2D eigenvalue weighted by atomic mass is 35.5. The van der Waals surface area contributed by atoms with Crippen LogP contribution < -0.4 is 15.6 Å². The van der Waals surface area contributed by atoms with Crippen LogP contribution in [0.1, 0.15) is 23.7 Å². The third-order valence-corrected chi connectivity index (χ3v) is 4.14. The molecule has 0 atom stereocenters. The van der Waals surface area contributed by atoms with Crippen LogP contribution in [-0.2, 0) is 4.79 Å². The van der Waals surface area contributed by atoms with E-state index in [0.29, 0.717) is 11.4 Å². The SMILES string of the molecule is C/C(CC(=O)Nc1ccc(N(C)C)cc1)=N/NC(=O)c1ccc([N+](=O)[O-])c(Cl)c1. The Morgan fingerprint density at radius 2 is 1.83 bits per heavy atom. The zero-order chi connectivity index (χ0) is 21.6. The van der Waals surface area contributed by atoms with Gasteiger partial charge in [0.25, 0.3) is 11.6 Å². The molecular weight excluding hydrogens is 398 g/mol. The molecule has 0 unspecified atom stereocenters. The predicted molar refractivity (Wildman–Crippen MR) is 113 cm³/mol. The molecule has 2 aromatic rings. The van der Waals surface area contributed by atoms with Crippen LogP contribution >= 0.6 is 11.6 Å². The molecule has 0 aliphatic carbocycles. The van der Waals surface area contributed by atoms with E-state index in [2.05, 4.69) is 15.8 Å². The minimum atomic E-state index is -0.640. The lowest BCUT2D eigenvalue weighted by molar-refractivity contribution is -0.384. The lowest BCUT2D eigenvalue weighted by Gasteiger charge is -2.13. The molecular formula is C19H20ClN5O4. The molecule has 0 heterocycles. The van der Waals surface area contributed by atoms with Gasteiger partial charge in [-0.2, -0.15) is 5.10 Å². The van der Waals surface area contributed by atoms with Crippen LogP contribution in [0.25, 0.3) is 0 Å². The van der Waals surface area contributed by atoms with Gasteiger partial charge in [-0.3, -0.25) is 19.7 Å². The van der Waals surface area contributed by atoms with Crippen LogP contribution in [0.5, 0.6) is 0 Å². The summed E-state index contributed by atoms with van der Waals surface area (Å²) in [5.41, 5.74) is 4.16. The van der Waals surface area contributed by atoms with Crippen molar-refractivity contribution in [3.8, 4) is 0 Å². The summed E-state index contributed by atoms with van der Waals surface area (Å²) in [5.74, 6) is -0.877. The normalized spacial score (nSPS) is 11.0. The molecule has 0 fully saturated rings. The molecule has 2 aromatic carbocycles. The second-order valence-electron chi connectivity index (χ2n) is 6.38. The molecule has 0 aliphatic rings. The fourth-order valence-corrected chi connectivity index (χ4v) is 2.58. The molecule has 9 nitrogen and oxygen atoms in total. The summed E-state index contributed by atoms with van der Waals surface area (Å²) in [6.45, 7) is 1.60. The summed E-state index contributed by atoms with van der Waals surface area (Å²) in [6.07, 6.45) is -0.0171. The van der Waals surface area contributed by atoms with Gasteiger partial charge in [0.2, 0.25) is 5.91 Å². The topological polar surface area (TPSA) is 117 Å². The molecule has 0 aromatic heterocycles. The van der Waals surface area contributed by atoms with Gasteiger partial charge in [0.05, 0.1) is 11.3 Å². The van der Waals surface area contributed by atoms with Crippen molar-refractivity contribution in [3.05, 3.63) is 63.2 Å². The highest BCUT2D eigenvalue weighted by Gasteiger charge is 2.15. The number of amides is 2. The van der Waals surface area contributed by atoms with E-state index >= 15 is 0 Å². The zero-order valence-corrected chi connectivity index (χ0v) is 16.9. The van der Waals surface area contributed by atoms with E-state index in [0.717, 1.165) is 11.8 Å². The van der Waals surface area contributed by atoms with Crippen molar-refractivity contribution in [1.29, 1.82) is 0 Å². The van der Waals surface area contributed by atoms with Gasteiger partial charge in [0.15, 0.2) is 0 Å². The first kappa shape index (κ1) is 21.8. The number of hydrazone groups is 1. The Kier molecular flexibility index (Phi) is 7.27. The van der Waals surface area contributed by atoms with Gasteiger partial charge < -0.3 is 10.2 Å². The van der Waals surface area contributed by atoms with Crippen molar-refractivity contribution in [1.82, 2.24) is 5.43 Å². The monoisotopic (exact) mass is 417 g/mol. The van der Waals surface area contributed by atoms with Crippen molar-refractivity contribution in [2.75, 3.05) is 24.3 Å². The van der Waals surface area contributed by atoms with Crippen LogP contribution in [0.4, 0.5) is 17.1 Å². The minimum Gasteiger partial charge on any atom is -0.378 e. The average Bonchev–Trinajstić information content (AvgIpc) is 2.66. The number of halogens is 1. The molecule has 10 heteroatoms. The van der Waals surface area contributed by atoms with E-state index in [9.17, 15) is 19.7 Å². The molecule has 0 saturated carbocycles. The molecule has 29 heavy (non-hydrogen) atoms. The number of anilines is 2. The molecule has 0 saturated heterocycles. The Bertz CT molecular complexity index is 958.